The third-order valence-electron chi connectivity index (χ3n) is 1.87. The monoisotopic (exact) mass is 347 g/mol. The molecule has 0 radical (unpaired) electrons. The summed E-state index contributed by atoms with van der Waals surface area (Å²) in [4.78, 5) is 29.7. The highest BCUT2D eigenvalue weighted by atomic mass is 19.4. The van der Waals surface area contributed by atoms with Crippen LogP contribution in [0.25, 0.3) is 0 Å². The Morgan fingerprint density at radius 1 is 0.913 bits per heavy atom. The first kappa shape index (κ1) is 20.5. The van der Waals surface area contributed by atoms with Gasteiger partial charge in [-0.3, -0.25) is 14.4 Å². The molecule has 128 valence electrons. The predicted octanol–water partition coefficient (Wildman–Crippen LogP) is 3.03. The summed E-state index contributed by atoms with van der Waals surface area (Å²) in [6.07, 6.45) is -11.5. The molecule has 0 aliphatic carbocycles. The molecule has 0 heterocycles. The largest absolute Gasteiger partial charge is 0.458 e. The van der Waals surface area contributed by atoms with Crippen molar-refractivity contribution in [3.05, 3.63) is 30.1 Å². The number of hydrogen-bond acceptors (Lipinski definition) is 3. The minimum atomic E-state index is -5.77. The first-order valence-electron chi connectivity index (χ1n) is 5.51. The molecule has 0 aromatic heterocycles. The molecule has 0 fully saturated rings. The Labute approximate surface area is 124 Å². The third kappa shape index (κ3) is 7.93. The van der Waals surface area contributed by atoms with Crippen LogP contribution in [0, 0.1) is 5.82 Å². The molecule has 0 unspecified atom stereocenters. The SMILES string of the molecule is CC(=O)Nc1cccc(F)c1.O=C(C(=O)C(F)(F)F)C(F)(F)F. The number of amides is 1. The van der Waals surface area contributed by atoms with Gasteiger partial charge in [0, 0.05) is 12.6 Å². The normalized spacial score (nSPS) is 11.1. The summed E-state index contributed by atoms with van der Waals surface area (Å²) < 4.78 is 79.4. The maximum atomic E-state index is 12.5. The molecule has 0 atom stereocenters. The van der Waals surface area contributed by atoms with Crippen LogP contribution in [0.1, 0.15) is 6.92 Å². The zero-order valence-corrected chi connectivity index (χ0v) is 11.2. The summed E-state index contributed by atoms with van der Waals surface area (Å²) in [6.45, 7) is 1.38. The van der Waals surface area contributed by atoms with Gasteiger partial charge in [-0.05, 0) is 18.2 Å². The molecule has 0 aliphatic rings. The number of carbonyl (C=O) groups excluding carboxylic acids is 3. The fraction of sp³-hybridized carbons (Fsp3) is 0.250. The molecule has 1 aromatic carbocycles. The van der Waals surface area contributed by atoms with E-state index in [-0.39, 0.29) is 11.7 Å². The predicted molar refractivity (Wildman–Crippen MR) is 62.8 cm³/mol. The zero-order chi connectivity index (χ0) is 18.4. The summed E-state index contributed by atoms with van der Waals surface area (Å²) in [6, 6.07) is 5.76. The second kappa shape index (κ2) is 7.70. The minimum Gasteiger partial charge on any atom is -0.326 e. The van der Waals surface area contributed by atoms with Gasteiger partial charge >= 0.3 is 23.9 Å². The second-order valence-electron chi connectivity index (χ2n) is 3.85. The van der Waals surface area contributed by atoms with Crippen molar-refractivity contribution in [1.82, 2.24) is 0 Å². The third-order valence-corrected chi connectivity index (χ3v) is 1.87. The minimum absolute atomic E-state index is 0.199. The topological polar surface area (TPSA) is 63.2 Å². The molecule has 0 saturated carbocycles. The molecule has 1 rings (SSSR count). The van der Waals surface area contributed by atoms with Gasteiger partial charge < -0.3 is 5.32 Å². The Hall–Kier alpha value is -2.46. The molecule has 1 N–H and O–H groups in total. The summed E-state index contributed by atoms with van der Waals surface area (Å²) in [7, 11) is 0. The Morgan fingerprint density at radius 3 is 1.65 bits per heavy atom. The van der Waals surface area contributed by atoms with Crippen molar-refractivity contribution in [1.29, 1.82) is 0 Å². The number of nitrogens with one attached hydrogen (secondary N) is 1. The van der Waals surface area contributed by atoms with Crippen LogP contribution in [0.15, 0.2) is 24.3 Å². The lowest BCUT2D eigenvalue weighted by molar-refractivity contribution is -0.193. The van der Waals surface area contributed by atoms with Gasteiger partial charge in [-0.1, -0.05) is 6.07 Å². The smallest absolute Gasteiger partial charge is 0.326 e. The fourth-order valence-electron chi connectivity index (χ4n) is 1.03. The van der Waals surface area contributed by atoms with Crippen LogP contribution in [-0.2, 0) is 14.4 Å². The number of anilines is 1. The van der Waals surface area contributed by atoms with Gasteiger partial charge in [-0.2, -0.15) is 26.3 Å². The van der Waals surface area contributed by atoms with Gasteiger partial charge in [0.1, 0.15) is 5.82 Å². The number of rotatable bonds is 2. The van der Waals surface area contributed by atoms with Crippen molar-refractivity contribution in [2.24, 2.45) is 0 Å². The lowest BCUT2D eigenvalue weighted by atomic mass is 10.2. The van der Waals surface area contributed by atoms with E-state index in [1.54, 1.807) is 12.1 Å². The fourth-order valence-corrected chi connectivity index (χ4v) is 1.03. The van der Waals surface area contributed by atoms with Crippen molar-refractivity contribution in [3.63, 3.8) is 0 Å². The molecular formula is C12H8F7NO3. The molecule has 0 aliphatic heterocycles. The first-order chi connectivity index (χ1) is 10.2. The highest BCUT2D eigenvalue weighted by Crippen LogP contribution is 2.23. The highest BCUT2D eigenvalue weighted by molar-refractivity contribution is 6.41. The van der Waals surface area contributed by atoms with Gasteiger partial charge in [-0.25, -0.2) is 4.39 Å². The quantitative estimate of drug-likeness (QED) is 0.661. The number of hydrogen-bond donors (Lipinski definition) is 1. The lowest BCUT2D eigenvalue weighted by Gasteiger charge is -2.05. The van der Waals surface area contributed by atoms with Crippen molar-refractivity contribution < 1.29 is 45.1 Å². The molecule has 11 heteroatoms. The molecule has 1 aromatic rings. The number of Topliss-reactive ketones (excluding diaryl/α,β-unsaturated/α-hetero) is 2. The second-order valence-corrected chi connectivity index (χ2v) is 3.85. The van der Waals surface area contributed by atoms with Crippen LogP contribution in [0.5, 0.6) is 0 Å². The van der Waals surface area contributed by atoms with E-state index in [1.807, 2.05) is 0 Å². The summed E-state index contributed by atoms with van der Waals surface area (Å²) in [5.74, 6) is -7.36. The molecule has 0 bridgehead atoms. The van der Waals surface area contributed by atoms with E-state index < -0.39 is 23.9 Å². The van der Waals surface area contributed by atoms with Crippen LogP contribution >= 0.6 is 0 Å². The maximum absolute atomic E-state index is 12.5. The maximum Gasteiger partial charge on any atom is 0.458 e. The summed E-state index contributed by atoms with van der Waals surface area (Å²) in [5.41, 5.74) is 0.484. The van der Waals surface area contributed by atoms with Crippen LogP contribution < -0.4 is 5.32 Å². The van der Waals surface area contributed by atoms with Gasteiger partial charge in [0.05, 0.1) is 0 Å². The Morgan fingerprint density at radius 2 is 1.35 bits per heavy atom. The first-order valence-corrected chi connectivity index (χ1v) is 5.51. The average Bonchev–Trinajstić information content (AvgIpc) is 2.34. The van der Waals surface area contributed by atoms with Crippen molar-refractivity contribution in [2.45, 2.75) is 19.3 Å². The van der Waals surface area contributed by atoms with Crippen molar-refractivity contribution >= 4 is 23.2 Å². The Bertz CT molecular complexity index is 569. The van der Waals surface area contributed by atoms with E-state index in [4.69, 9.17) is 0 Å². The van der Waals surface area contributed by atoms with Crippen molar-refractivity contribution in [3.8, 4) is 0 Å². The number of alkyl halides is 6. The van der Waals surface area contributed by atoms with Crippen LogP contribution in [-0.4, -0.2) is 29.8 Å². The van der Waals surface area contributed by atoms with Crippen LogP contribution in [0.3, 0.4) is 0 Å². The molecule has 23 heavy (non-hydrogen) atoms. The standard InChI is InChI=1S/C8H8FNO.C4F6O2/c1-6(11)10-8-4-2-3-7(9)5-8;5-3(6,7)1(11)2(12)4(8,9)10/h2-5H,1H3,(H,10,11);. The molecule has 4 nitrogen and oxygen atoms in total. The molecule has 0 spiro atoms. The number of carbonyl (C=O) groups is 3. The molecule has 0 saturated heterocycles. The highest BCUT2D eigenvalue weighted by Gasteiger charge is 2.54. The van der Waals surface area contributed by atoms with Crippen molar-refractivity contribution in [2.75, 3.05) is 5.32 Å². The molecular weight excluding hydrogens is 339 g/mol. The van der Waals surface area contributed by atoms with E-state index >= 15 is 0 Å². The summed E-state index contributed by atoms with van der Waals surface area (Å²) in [5, 5.41) is 2.47. The number of halogens is 7. The van der Waals surface area contributed by atoms with E-state index in [2.05, 4.69) is 5.32 Å². The van der Waals surface area contributed by atoms with E-state index in [0.29, 0.717) is 5.69 Å². The van der Waals surface area contributed by atoms with Gasteiger partial charge in [0.15, 0.2) is 0 Å². The van der Waals surface area contributed by atoms with E-state index in [9.17, 15) is 45.1 Å². The lowest BCUT2D eigenvalue weighted by Crippen LogP contribution is -2.39. The zero-order valence-electron chi connectivity index (χ0n) is 11.2. The average molecular weight is 347 g/mol. The van der Waals surface area contributed by atoms with Gasteiger partial charge in [0.25, 0.3) is 0 Å². The number of benzene rings is 1. The van der Waals surface area contributed by atoms with E-state index in [1.165, 1.54) is 19.1 Å². The summed E-state index contributed by atoms with van der Waals surface area (Å²) >= 11 is 0. The number of ketones is 2. The molecule has 1 amide bonds. The van der Waals surface area contributed by atoms with Gasteiger partial charge in [-0.15, -0.1) is 0 Å². The van der Waals surface area contributed by atoms with Crippen LogP contribution in [0.4, 0.5) is 36.4 Å². The van der Waals surface area contributed by atoms with Gasteiger partial charge in [0.2, 0.25) is 5.91 Å². The Kier molecular flexibility index (Phi) is 6.87. The van der Waals surface area contributed by atoms with Crippen LogP contribution in [0.2, 0.25) is 0 Å². The Balaban J connectivity index is 0.000000422. The van der Waals surface area contributed by atoms with E-state index in [0.717, 1.165) is 0 Å².